The van der Waals surface area contributed by atoms with Crippen LogP contribution in [0.5, 0.6) is 0 Å². The highest BCUT2D eigenvalue weighted by Crippen LogP contribution is 2.23. The Labute approximate surface area is 105 Å². The Kier molecular flexibility index (Phi) is 4.50. The smallest absolute Gasteiger partial charge is 0.124 e. The van der Waals surface area contributed by atoms with Gasteiger partial charge in [-0.25, -0.2) is 4.39 Å². The zero-order valence-corrected chi connectivity index (χ0v) is 11.4. The van der Waals surface area contributed by atoms with Crippen molar-refractivity contribution in [2.24, 2.45) is 5.41 Å². The summed E-state index contributed by atoms with van der Waals surface area (Å²) in [6, 6.07) is 5.23. The molecular weight excluding hydrogens is 211 g/mol. The van der Waals surface area contributed by atoms with Gasteiger partial charge < -0.3 is 0 Å². The van der Waals surface area contributed by atoms with E-state index in [1.54, 1.807) is 12.1 Å². The number of rotatable bonds is 4. The van der Waals surface area contributed by atoms with Crippen molar-refractivity contribution in [3.8, 4) is 0 Å². The molecule has 1 rings (SSSR count). The molecule has 0 aliphatic carbocycles. The van der Waals surface area contributed by atoms with E-state index in [9.17, 15) is 4.39 Å². The normalized spacial score (nSPS) is 11.6. The third-order valence-electron chi connectivity index (χ3n) is 2.84. The van der Waals surface area contributed by atoms with Crippen molar-refractivity contribution in [2.45, 2.75) is 47.0 Å². The zero-order valence-electron chi connectivity index (χ0n) is 11.4. The molecule has 0 aromatic heterocycles. The lowest BCUT2D eigenvalue weighted by Gasteiger charge is -2.17. The van der Waals surface area contributed by atoms with Crippen molar-refractivity contribution in [1.82, 2.24) is 0 Å². The maximum atomic E-state index is 13.4. The fourth-order valence-corrected chi connectivity index (χ4v) is 1.86. The molecule has 94 valence electrons. The fraction of sp³-hybridized carbons (Fsp3) is 0.500. The Morgan fingerprint density at radius 3 is 2.41 bits per heavy atom. The molecule has 0 nitrogen and oxygen atoms in total. The highest BCUT2D eigenvalue weighted by Gasteiger charge is 2.10. The first kappa shape index (κ1) is 14.0. The van der Waals surface area contributed by atoms with Gasteiger partial charge >= 0.3 is 0 Å². The van der Waals surface area contributed by atoms with E-state index in [2.05, 4.69) is 27.4 Å². The van der Waals surface area contributed by atoms with Crippen LogP contribution in [0, 0.1) is 11.2 Å². The lowest BCUT2D eigenvalue weighted by atomic mass is 9.89. The van der Waals surface area contributed by atoms with Crippen LogP contribution in [0.25, 0.3) is 5.57 Å². The molecule has 1 aromatic rings. The van der Waals surface area contributed by atoms with Gasteiger partial charge in [-0.2, -0.15) is 0 Å². The molecular formula is C16H23F. The van der Waals surface area contributed by atoms with Crippen LogP contribution in [0.15, 0.2) is 24.8 Å². The van der Waals surface area contributed by atoms with E-state index in [-0.39, 0.29) is 5.82 Å². The van der Waals surface area contributed by atoms with E-state index in [1.807, 2.05) is 13.0 Å². The van der Waals surface area contributed by atoms with Crippen molar-refractivity contribution < 1.29 is 4.39 Å². The van der Waals surface area contributed by atoms with Gasteiger partial charge in [0, 0.05) is 0 Å². The fourth-order valence-electron chi connectivity index (χ4n) is 1.86. The lowest BCUT2D eigenvalue weighted by Crippen LogP contribution is -2.05. The van der Waals surface area contributed by atoms with Crippen LogP contribution in [-0.2, 0) is 6.42 Å². The number of aryl methyl sites for hydroxylation is 1. The van der Waals surface area contributed by atoms with Crippen LogP contribution in [0.4, 0.5) is 4.39 Å². The third-order valence-corrected chi connectivity index (χ3v) is 2.84. The first-order chi connectivity index (χ1) is 7.78. The minimum Gasteiger partial charge on any atom is -0.207 e. The Balaban J connectivity index is 2.68. The van der Waals surface area contributed by atoms with Crippen LogP contribution in [-0.4, -0.2) is 0 Å². The monoisotopic (exact) mass is 234 g/mol. The summed E-state index contributed by atoms with van der Waals surface area (Å²) in [4.78, 5) is 0. The van der Waals surface area contributed by atoms with Gasteiger partial charge in [-0.3, -0.25) is 0 Å². The summed E-state index contributed by atoms with van der Waals surface area (Å²) in [6.45, 7) is 12.5. The molecule has 17 heavy (non-hydrogen) atoms. The molecule has 0 unspecified atom stereocenters. The molecule has 0 saturated carbocycles. The minimum atomic E-state index is -0.156. The van der Waals surface area contributed by atoms with E-state index >= 15 is 0 Å². The van der Waals surface area contributed by atoms with Crippen LogP contribution in [0.1, 0.15) is 51.7 Å². The molecule has 0 saturated heterocycles. The van der Waals surface area contributed by atoms with Crippen molar-refractivity contribution in [3.05, 3.63) is 41.7 Å². The molecule has 1 heteroatoms. The lowest BCUT2D eigenvalue weighted by molar-refractivity contribution is 0.365. The van der Waals surface area contributed by atoms with Crippen molar-refractivity contribution in [1.29, 1.82) is 0 Å². The molecule has 0 spiro atoms. The number of halogens is 1. The van der Waals surface area contributed by atoms with Gasteiger partial charge in [0.1, 0.15) is 5.82 Å². The summed E-state index contributed by atoms with van der Waals surface area (Å²) in [5, 5.41) is 0. The third kappa shape index (κ3) is 5.16. The van der Waals surface area contributed by atoms with Crippen LogP contribution < -0.4 is 0 Å². The Morgan fingerprint density at radius 1 is 1.24 bits per heavy atom. The second-order valence-corrected chi connectivity index (χ2v) is 6.04. The summed E-state index contributed by atoms with van der Waals surface area (Å²) >= 11 is 0. The summed E-state index contributed by atoms with van der Waals surface area (Å²) in [5.41, 5.74) is 3.26. The Bertz CT molecular complexity index is 396. The maximum Gasteiger partial charge on any atom is 0.124 e. The van der Waals surface area contributed by atoms with Crippen LogP contribution in [0.2, 0.25) is 0 Å². The van der Waals surface area contributed by atoms with Crippen molar-refractivity contribution >= 4 is 5.57 Å². The van der Waals surface area contributed by atoms with Crippen LogP contribution >= 0.6 is 0 Å². The van der Waals surface area contributed by atoms with Gasteiger partial charge in [-0.1, -0.05) is 39.0 Å². The SMILES string of the molecule is C=C(C)c1cc(F)cc(CCCC(C)(C)C)c1. The number of benzene rings is 1. The molecule has 0 aliphatic rings. The number of hydrogen-bond acceptors (Lipinski definition) is 0. The number of hydrogen-bond donors (Lipinski definition) is 0. The average Bonchev–Trinajstić information content (AvgIpc) is 2.14. The molecule has 0 aliphatic heterocycles. The van der Waals surface area contributed by atoms with Gasteiger partial charge in [0.2, 0.25) is 0 Å². The standard InChI is InChI=1S/C16H23F/c1-12(2)14-9-13(10-15(17)11-14)7-6-8-16(3,4)5/h9-11H,1,6-8H2,2-5H3. The molecule has 0 amide bonds. The van der Waals surface area contributed by atoms with Crippen molar-refractivity contribution in [2.75, 3.05) is 0 Å². The summed E-state index contributed by atoms with van der Waals surface area (Å²) in [5.74, 6) is -0.156. The van der Waals surface area contributed by atoms with Gasteiger partial charge in [-0.15, -0.1) is 0 Å². The molecule has 0 heterocycles. The zero-order chi connectivity index (χ0) is 13.1. The van der Waals surface area contributed by atoms with E-state index in [0.29, 0.717) is 5.41 Å². The Morgan fingerprint density at radius 2 is 1.88 bits per heavy atom. The first-order valence-electron chi connectivity index (χ1n) is 6.23. The van der Waals surface area contributed by atoms with Gasteiger partial charge in [0.05, 0.1) is 0 Å². The van der Waals surface area contributed by atoms with Gasteiger partial charge in [-0.05, 0) is 54.9 Å². The molecule has 0 N–H and O–H groups in total. The molecule has 0 radical (unpaired) electrons. The van der Waals surface area contributed by atoms with E-state index in [4.69, 9.17) is 0 Å². The highest BCUT2D eigenvalue weighted by molar-refractivity contribution is 5.61. The van der Waals surface area contributed by atoms with Crippen molar-refractivity contribution in [3.63, 3.8) is 0 Å². The van der Waals surface area contributed by atoms with E-state index < -0.39 is 0 Å². The maximum absolute atomic E-state index is 13.4. The first-order valence-corrected chi connectivity index (χ1v) is 6.23. The summed E-state index contributed by atoms with van der Waals surface area (Å²) in [6.07, 6.45) is 3.20. The molecule has 0 fully saturated rings. The van der Waals surface area contributed by atoms with Crippen LogP contribution in [0.3, 0.4) is 0 Å². The van der Waals surface area contributed by atoms with E-state index in [0.717, 1.165) is 36.0 Å². The van der Waals surface area contributed by atoms with Gasteiger partial charge in [0.15, 0.2) is 0 Å². The summed E-state index contributed by atoms with van der Waals surface area (Å²) in [7, 11) is 0. The summed E-state index contributed by atoms with van der Waals surface area (Å²) < 4.78 is 13.4. The molecule has 1 aromatic carbocycles. The largest absolute Gasteiger partial charge is 0.207 e. The Hall–Kier alpha value is -1.11. The predicted octanol–water partition coefficient (Wildman–Crippen LogP) is 5.23. The second kappa shape index (κ2) is 5.48. The predicted molar refractivity (Wildman–Crippen MR) is 73.5 cm³/mol. The minimum absolute atomic E-state index is 0.156. The quantitative estimate of drug-likeness (QED) is 0.669. The van der Waals surface area contributed by atoms with Gasteiger partial charge in [0.25, 0.3) is 0 Å². The van der Waals surface area contributed by atoms with E-state index in [1.165, 1.54) is 0 Å². The molecule has 0 bridgehead atoms. The number of allylic oxidation sites excluding steroid dienone is 1. The topological polar surface area (TPSA) is 0 Å². The average molecular weight is 234 g/mol. The second-order valence-electron chi connectivity index (χ2n) is 6.04. The highest BCUT2D eigenvalue weighted by atomic mass is 19.1. The molecule has 0 atom stereocenters.